The molecular formula is C12H15N3O4. The summed E-state index contributed by atoms with van der Waals surface area (Å²) in [5.74, 6) is 0.693. The van der Waals surface area contributed by atoms with Gasteiger partial charge in [0.1, 0.15) is 0 Å². The van der Waals surface area contributed by atoms with Gasteiger partial charge in [0.2, 0.25) is 6.79 Å². The second-order valence-electron chi connectivity index (χ2n) is 4.63. The van der Waals surface area contributed by atoms with Gasteiger partial charge in [-0.1, -0.05) is 5.16 Å². The topological polar surface area (TPSA) is 106 Å². The normalized spacial score (nSPS) is 14.3. The van der Waals surface area contributed by atoms with Crippen LogP contribution < -0.4 is 20.5 Å². The van der Waals surface area contributed by atoms with Gasteiger partial charge in [-0.15, -0.1) is 0 Å². The van der Waals surface area contributed by atoms with Crippen molar-refractivity contribution in [3.63, 3.8) is 0 Å². The Hall–Kier alpha value is -2.44. The summed E-state index contributed by atoms with van der Waals surface area (Å²) in [4.78, 5) is 12.1. The fourth-order valence-electron chi connectivity index (χ4n) is 1.58. The zero-order valence-electron chi connectivity index (χ0n) is 10.6. The molecule has 0 radical (unpaired) electrons. The highest BCUT2D eigenvalue weighted by molar-refractivity contribution is 6.00. The molecule has 0 aromatic heterocycles. The summed E-state index contributed by atoms with van der Waals surface area (Å²) in [5.41, 5.74) is 4.96. The first-order valence-corrected chi connectivity index (χ1v) is 5.64. The molecule has 4 N–H and O–H groups in total. The maximum atomic E-state index is 12.1. The summed E-state index contributed by atoms with van der Waals surface area (Å²) < 4.78 is 10.4. The first-order chi connectivity index (χ1) is 8.94. The molecule has 0 atom stereocenters. The van der Waals surface area contributed by atoms with Gasteiger partial charge in [0, 0.05) is 5.56 Å². The monoisotopic (exact) mass is 265 g/mol. The lowest BCUT2D eigenvalue weighted by molar-refractivity contribution is 0.0930. The number of nitrogens with zero attached hydrogens (tertiary/aromatic N) is 1. The van der Waals surface area contributed by atoms with E-state index in [0.29, 0.717) is 17.1 Å². The summed E-state index contributed by atoms with van der Waals surface area (Å²) in [5, 5.41) is 14.2. The van der Waals surface area contributed by atoms with E-state index in [4.69, 9.17) is 20.4 Å². The van der Waals surface area contributed by atoms with E-state index in [9.17, 15) is 4.79 Å². The molecule has 0 saturated heterocycles. The number of fused-ring (bicyclic) bond motifs is 1. The van der Waals surface area contributed by atoms with Crippen LogP contribution in [0.5, 0.6) is 11.5 Å². The second-order valence-corrected chi connectivity index (χ2v) is 4.63. The van der Waals surface area contributed by atoms with Gasteiger partial charge in [0.05, 0.1) is 5.54 Å². The molecular weight excluding hydrogens is 250 g/mol. The standard InChI is InChI=1S/C12H15N3O4/c1-12(2,11(13)15-17)14-10(16)7-3-4-8-9(5-7)19-6-18-8/h3-5,17H,6H2,1-2H3,(H2,13,15)(H,14,16). The molecule has 1 heterocycles. The number of rotatable bonds is 3. The number of hydrogen-bond acceptors (Lipinski definition) is 5. The van der Waals surface area contributed by atoms with Crippen molar-refractivity contribution in [1.82, 2.24) is 5.32 Å². The second kappa shape index (κ2) is 4.68. The largest absolute Gasteiger partial charge is 0.454 e. The number of ether oxygens (including phenoxy) is 2. The van der Waals surface area contributed by atoms with Gasteiger partial charge in [-0.05, 0) is 32.0 Å². The summed E-state index contributed by atoms with van der Waals surface area (Å²) in [7, 11) is 0. The molecule has 0 unspecified atom stereocenters. The van der Waals surface area contributed by atoms with Crippen molar-refractivity contribution in [2.75, 3.05) is 6.79 Å². The maximum Gasteiger partial charge on any atom is 0.252 e. The summed E-state index contributed by atoms with van der Waals surface area (Å²) >= 11 is 0. The van der Waals surface area contributed by atoms with Crippen LogP contribution in [0.1, 0.15) is 24.2 Å². The Kier molecular flexibility index (Phi) is 3.20. The van der Waals surface area contributed by atoms with E-state index in [2.05, 4.69) is 10.5 Å². The van der Waals surface area contributed by atoms with Crippen molar-refractivity contribution in [3.8, 4) is 11.5 Å². The van der Waals surface area contributed by atoms with Crippen LogP contribution in [-0.2, 0) is 0 Å². The number of oxime groups is 1. The SMILES string of the molecule is CC(C)(NC(=O)c1ccc2c(c1)OCO2)/C(N)=N/O. The minimum Gasteiger partial charge on any atom is -0.454 e. The molecule has 0 saturated carbocycles. The van der Waals surface area contributed by atoms with Crippen LogP contribution in [0.2, 0.25) is 0 Å². The molecule has 1 aliphatic heterocycles. The molecule has 0 fully saturated rings. The van der Waals surface area contributed by atoms with Crippen molar-refractivity contribution in [1.29, 1.82) is 0 Å². The van der Waals surface area contributed by atoms with Crippen molar-refractivity contribution in [2.24, 2.45) is 10.9 Å². The van der Waals surface area contributed by atoms with Crippen molar-refractivity contribution >= 4 is 11.7 Å². The molecule has 0 spiro atoms. The van der Waals surface area contributed by atoms with Crippen LogP contribution in [-0.4, -0.2) is 29.3 Å². The molecule has 0 bridgehead atoms. The third kappa shape index (κ3) is 2.54. The Morgan fingerprint density at radius 2 is 2.11 bits per heavy atom. The highest BCUT2D eigenvalue weighted by Gasteiger charge is 2.27. The number of benzene rings is 1. The van der Waals surface area contributed by atoms with Crippen LogP contribution in [0.4, 0.5) is 0 Å². The lowest BCUT2D eigenvalue weighted by Crippen LogP contribution is -2.53. The van der Waals surface area contributed by atoms with Gasteiger partial charge in [-0.2, -0.15) is 0 Å². The number of hydrogen-bond donors (Lipinski definition) is 3. The minimum absolute atomic E-state index is 0.0819. The fourth-order valence-corrected chi connectivity index (χ4v) is 1.58. The van der Waals surface area contributed by atoms with Gasteiger partial charge in [0.15, 0.2) is 17.3 Å². The Balaban J connectivity index is 2.17. The number of amidine groups is 1. The molecule has 1 aromatic carbocycles. The van der Waals surface area contributed by atoms with E-state index in [1.54, 1.807) is 32.0 Å². The molecule has 0 aliphatic carbocycles. The van der Waals surface area contributed by atoms with E-state index in [0.717, 1.165) is 0 Å². The Morgan fingerprint density at radius 3 is 2.79 bits per heavy atom. The van der Waals surface area contributed by atoms with E-state index < -0.39 is 5.54 Å². The average Bonchev–Trinajstić information content (AvgIpc) is 2.84. The van der Waals surface area contributed by atoms with Crippen LogP contribution >= 0.6 is 0 Å². The first kappa shape index (κ1) is 13.0. The molecule has 102 valence electrons. The summed E-state index contributed by atoms with van der Waals surface area (Å²) in [6.07, 6.45) is 0. The summed E-state index contributed by atoms with van der Waals surface area (Å²) in [6.45, 7) is 3.41. The third-order valence-electron chi connectivity index (χ3n) is 2.81. The molecule has 1 aliphatic rings. The number of nitrogens with one attached hydrogen (secondary N) is 1. The number of amides is 1. The molecule has 19 heavy (non-hydrogen) atoms. The van der Waals surface area contributed by atoms with E-state index in [1.807, 2.05) is 0 Å². The first-order valence-electron chi connectivity index (χ1n) is 5.64. The fraction of sp³-hybridized carbons (Fsp3) is 0.333. The lowest BCUT2D eigenvalue weighted by Gasteiger charge is -2.24. The van der Waals surface area contributed by atoms with Gasteiger partial charge >= 0.3 is 0 Å². The predicted octanol–water partition coefficient (Wildman–Crippen LogP) is 0.670. The van der Waals surface area contributed by atoms with Gasteiger partial charge in [-0.3, -0.25) is 4.79 Å². The van der Waals surface area contributed by atoms with Gasteiger partial charge in [0.25, 0.3) is 5.91 Å². The van der Waals surface area contributed by atoms with Gasteiger partial charge < -0.3 is 25.7 Å². The molecule has 7 nitrogen and oxygen atoms in total. The van der Waals surface area contributed by atoms with Crippen molar-refractivity contribution < 1.29 is 19.5 Å². The van der Waals surface area contributed by atoms with E-state index in [-0.39, 0.29) is 18.5 Å². The smallest absolute Gasteiger partial charge is 0.252 e. The Labute approximate surface area is 110 Å². The highest BCUT2D eigenvalue weighted by atomic mass is 16.7. The number of nitrogens with two attached hydrogens (primary N) is 1. The molecule has 7 heteroatoms. The molecule has 1 aromatic rings. The van der Waals surface area contributed by atoms with Crippen LogP contribution in [0, 0.1) is 0 Å². The number of carbonyl (C=O) groups is 1. The zero-order valence-corrected chi connectivity index (χ0v) is 10.6. The predicted molar refractivity (Wildman–Crippen MR) is 67.5 cm³/mol. The molecule has 2 rings (SSSR count). The Morgan fingerprint density at radius 1 is 1.42 bits per heavy atom. The van der Waals surface area contributed by atoms with Crippen LogP contribution in [0.3, 0.4) is 0 Å². The maximum absolute atomic E-state index is 12.1. The zero-order chi connectivity index (χ0) is 14.0. The lowest BCUT2D eigenvalue weighted by atomic mass is 10.0. The summed E-state index contributed by atoms with van der Waals surface area (Å²) in [6, 6.07) is 4.86. The minimum atomic E-state index is -0.956. The highest BCUT2D eigenvalue weighted by Crippen LogP contribution is 2.32. The van der Waals surface area contributed by atoms with Crippen molar-refractivity contribution in [2.45, 2.75) is 19.4 Å². The van der Waals surface area contributed by atoms with Gasteiger partial charge in [-0.25, -0.2) is 0 Å². The van der Waals surface area contributed by atoms with Crippen LogP contribution in [0.15, 0.2) is 23.4 Å². The van der Waals surface area contributed by atoms with E-state index >= 15 is 0 Å². The van der Waals surface area contributed by atoms with Crippen molar-refractivity contribution in [3.05, 3.63) is 23.8 Å². The average molecular weight is 265 g/mol. The van der Waals surface area contributed by atoms with E-state index in [1.165, 1.54) is 0 Å². The van der Waals surface area contributed by atoms with Crippen LogP contribution in [0.25, 0.3) is 0 Å². The quantitative estimate of drug-likeness (QED) is 0.322. The Bertz CT molecular complexity index is 540. The third-order valence-corrected chi connectivity index (χ3v) is 2.81. The molecule has 1 amide bonds. The number of carbonyl (C=O) groups excluding carboxylic acids is 1.